The van der Waals surface area contributed by atoms with Gasteiger partial charge in [0.05, 0.1) is 5.70 Å². The predicted molar refractivity (Wildman–Crippen MR) is 124 cm³/mol. The van der Waals surface area contributed by atoms with Gasteiger partial charge in [-0.05, 0) is 52.6 Å². The zero-order chi connectivity index (χ0) is 21.9. The summed E-state index contributed by atoms with van der Waals surface area (Å²) in [5, 5.41) is 13.2. The highest BCUT2D eigenvalue weighted by Crippen LogP contribution is 2.36. The number of likely N-dealkylation sites (tertiary alicyclic amines) is 1. The third-order valence-corrected chi connectivity index (χ3v) is 6.37. The molecule has 8 heteroatoms. The van der Waals surface area contributed by atoms with Crippen molar-refractivity contribution in [2.24, 2.45) is 0 Å². The van der Waals surface area contributed by atoms with Crippen LogP contribution in [-0.4, -0.2) is 50.6 Å². The topological polar surface area (TPSA) is 67.2 Å². The Bertz CT molecular complexity index is 1100. The lowest BCUT2D eigenvalue weighted by Crippen LogP contribution is -2.42. The molecular formula is C24H25ClN6O. The number of carbonyl (C=O) groups excluding carboxylic acids is 1. The van der Waals surface area contributed by atoms with Gasteiger partial charge in [0.25, 0.3) is 5.95 Å². The Morgan fingerprint density at radius 3 is 2.41 bits per heavy atom. The van der Waals surface area contributed by atoms with Crippen LogP contribution in [0, 0.1) is 0 Å². The number of aromatic nitrogens is 4. The molecule has 0 bridgehead atoms. The van der Waals surface area contributed by atoms with Crippen molar-refractivity contribution in [3.8, 4) is 0 Å². The van der Waals surface area contributed by atoms with Crippen LogP contribution in [0.3, 0.4) is 0 Å². The predicted octanol–water partition coefficient (Wildman–Crippen LogP) is 4.18. The Kier molecular flexibility index (Phi) is 5.90. The molecule has 1 aromatic heterocycles. The Morgan fingerprint density at radius 1 is 0.969 bits per heavy atom. The fraction of sp³-hybridized carbons (Fsp3) is 0.333. The SMILES string of the molecule is O=C(CN1C(c2ccccc2)=C[C@H](c2ccc(Cl)cc2)n2nnnc21)N1CCCCCC1. The Hall–Kier alpha value is -3.19. The summed E-state index contributed by atoms with van der Waals surface area (Å²) < 4.78 is 1.77. The molecule has 1 saturated heterocycles. The van der Waals surface area contributed by atoms with Crippen LogP contribution < -0.4 is 4.90 Å². The van der Waals surface area contributed by atoms with Crippen LogP contribution in [0.2, 0.25) is 5.02 Å². The number of amides is 1. The van der Waals surface area contributed by atoms with Crippen molar-refractivity contribution in [2.45, 2.75) is 31.7 Å². The van der Waals surface area contributed by atoms with E-state index in [0.717, 1.165) is 42.8 Å². The van der Waals surface area contributed by atoms with Gasteiger partial charge < -0.3 is 4.90 Å². The molecular weight excluding hydrogens is 424 g/mol. The number of anilines is 1. The van der Waals surface area contributed by atoms with E-state index in [1.54, 1.807) is 4.68 Å². The van der Waals surface area contributed by atoms with E-state index in [9.17, 15) is 4.79 Å². The molecule has 32 heavy (non-hydrogen) atoms. The van der Waals surface area contributed by atoms with Crippen LogP contribution >= 0.6 is 11.6 Å². The molecule has 3 heterocycles. The third-order valence-electron chi connectivity index (χ3n) is 6.12. The van der Waals surface area contributed by atoms with Gasteiger partial charge in [-0.15, -0.1) is 0 Å². The van der Waals surface area contributed by atoms with Crippen LogP contribution in [0.25, 0.3) is 5.70 Å². The summed E-state index contributed by atoms with van der Waals surface area (Å²) in [7, 11) is 0. The second kappa shape index (κ2) is 9.12. The maximum Gasteiger partial charge on any atom is 0.251 e. The van der Waals surface area contributed by atoms with E-state index in [0.29, 0.717) is 11.0 Å². The minimum Gasteiger partial charge on any atom is -0.341 e. The highest BCUT2D eigenvalue weighted by molar-refractivity contribution is 6.30. The quantitative estimate of drug-likeness (QED) is 0.599. The van der Waals surface area contributed by atoms with Gasteiger partial charge in [-0.25, -0.2) is 0 Å². The summed E-state index contributed by atoms with van der Waals surface area (Å²) >= 11 is 6.11. The summed E-state index contributed by atoms with van der Waals surface area (Å²) in [4.78, 5) is 17.2. The number of fused-ring (bicyclic) bond motifs is 1. The van der Waals surface area contributed by atoms with Crippen LogP contribution in [-0.2, 0) is 4.79 Å². The van der Waals surface area contributed by atoms with Gasteiger partial charge in [0.15, 0.2) is 0 Å². The number of tetrazole rings is 1. The number of nitrogens with zero attached hydrogens (tertiary/aromatic N) is 6. The summed E-state index contributed by atoms with van der Waals surface area (Å²) in [6.45, 7) is 1.83. The van der Waals surface area contributed by atoms with Gasteiger partial charge >= 0.3 is 0 Å². The molecule has 0 N–H and O–H groups in total. The molecule has 0 radical (unpaired) electrons. The number of allylic oxidation sites excluding steroid dienone is 1. The zero-order valence-electron chi connectivity index (χ0n) is 17.8. The van der Waals surface area contributed by atoms with Crippen LogP contribution in [0.4, 0.5) is 5.95 Å². The van der Waals surface area contributed by atoms with Gasteiger partial charge in [0, 0.05) is 18.1 Å². The number of halogens is 1. The van der Waals surface area contributed by atoms with Crippen molar-refractivity contribution in [1.29, 1.82) is 0 Å². The van der Waals surface area contributed by atoms with E-state index in [-0.39, 0.29) is 18.5 Å². The van der Waals surface area contributed by atoms with Crippen LogP contribution in [0.15, 0.2) is 60.7 Å². The molecule has 5 rings (SSSR count). The number of hydrogen-bond donors (Lipinski definition) is 0. The van der Waals surface area contributed by atoms with Crippen molar-refractivity contribution in [2.75, 3.05) is 24.5 Å². The van der Waals surface area contributed by atoms with E-state index < -0.39 is 0 Å². The van der Waals surface area contributed by atoms with Crippen LogP contribution in [0.1, 0.15) is 42.9 Å². The fourth-order valence-corrected chi connectivity index (χ4v) is 4.56. The second-order valence-electron chi connectivity index (χ2n) is 8.22. The average molecular weight is 449 g/mol. The molecule has 0 aliphatic carbocycles. The van der Waals surface area contributed by atoms with Crippen molar-refractivity contribution < 1.29 is 4.79 Å². The van der Waals surface area contributed by atoms with E-state index in [1.807, 2.05) is 64.4 Å². The normalized spacial score (nSPS) is 18.7. The van der Waals surface area contributed by atoms with Gasteiger partial charge in [-0.3, -0.25) is 9.69 Å². The third kappa shape index (κ3) is 4.12. The first kappa shape index (κ1) is 20.7. The largest absolute Gasteiger partial charge is 0.341 e. The summed E-state index contributed by atoms with van der Waals surface area (Å²) in [5.74, 6) is 0.669. The summed E-state index contributed by atoms with van der Waals surface area (Å²) in [6.07, 6.45) is 6.61. The molecule has 2 aromatic carbocycles. The van der Waals surface area contributed by atoms with E-state index >= 15 is 0 Å². The Morgan fingerprint density at radius 2 is 1.69 bits per heavy atom. The molecule has 3 aromatic rings. The molecule has 7 nitrogen and oxygen atoms in total. The number of benzene rings is 2. The fourth-order valence-electron chi connectivity index (χ4n) is 4.43. The highest BCUT2D eigenvalue weighted by atomic mass is 35.5. The van der Waals surface area contributed by atoms with Crippen molar-refractivity contribution in [1.82, 2.24) is 25.1 Å². The number of rotatable bonds is 4. The van der Waals surface area contributed by atoms with Crippen LogP contribution in [0.5, 0.6) is 0 Å². The molecule has 164 valence electrons. The molecule has 2 aliphatic heterocycles. The van der Waals surface area contributed by atoms with Gasteiger partial charge in [0.1, 0.15) is 12.6 Å². The monoisotopic (exact) mass is 448 g/mol. The lowest BCUT2D eigenvalue weighted by molar-refractivity contribution is -0.129. The Labute approximate surface area is 192 Å². The number of carbonyl (C=O) groups is 1. The van der Waals surface area contributed by atoms with Crippen molar-refractivity contribution >= 4 is 29.2 Å². The molecule has 0 saturated carbocycles. The maximum absolute atomic E-state index is 13.3. The lowest BCUT2D eigenvalue weighted by Gasteiger charge is -2.34. The molecule has 0 unspecified atom stereocenters. The van der Waals surface area contributed by atoms with E-state index in [1.165, 1.54) is 12.8 Å². The molecule has 2 aliphatic rings. The first-order chi connectivity index (χ1) is 15.7. The first-order valence-electron chi connectivity index (χ1n) is 11.1. The molecule has 1 atom stereocenters. The van der Waals surface area contributed by atoms with Gasteiger partial charge in [-0.1, -0.05) is 72.0 Å². The van der Waals surface area contributed by atoms with Gasteiger partial charge in [-0.2, -0.15) is 4.68 Å². The molecule has 1 amide bonds. The molecule has 1 fully saturated rings. The average Bonchev–Trinajstić information content (AvgIpc) is 3.15. The van der Waals surface area contributed by atoms with Gasteiger partial charge in [0.2, 0.25) is 5.91 Å². The zero-order valence-corrected chi connectivity index (χ0v) is 18.5. The lowest BCUT2D eigenvalue weighted by atomic mass is 10.0. The van der Waals surface area contributed by atoms with Crippen molar-refractivity contribution in [3.63, 3.8) is 0 Å². The second-order valence-corrected chi connectivity index (χ2v) is 8.66. The summed E-state index contributed by atoms with van der Waals surface area (Å²) in [5.41, 5.74) is 2.97. The van der Waals surface area contributed by atoms with E-state index in [4.69, 9.17) is 11.6 Å². The van der Waals surface area contributed by atoms with Crippen molar-refractivity contribution in [3.05, 3.63) is 76.8 Å². The first-order valence-corrected chi connectivity index (χ1v) is 11.4. The van der Waals surface area contributed by atoms with E-state index in [2.05, 4.69) is 21.6 Å². The minimum atomic E-state index is -0.197. The standard InChI is InChI=1S/C24H25ClN6O/c25-20-12-10-19(11-13-20)22-16-21(18-8-4-3-5-9-18)30(24-26-27-28-31(22)24)17-23(32)29-14-6-1-2-7-15-29/h3-5,8-13,16,22H,1-2,6-7,14-15,17H2/t22-/m1/s1. The minimum absolute atomic E-state index is 0.105. The number of hydrogen-bond acceptors (Lipinski definition) is 5. The highest BCUT2D eigenvalue weighted by Gasteiger charge is 2.32. The smallest absolute Gasteiger partial charge is 0.251 e. The molecule has 0 spiro atoms. The maximum atomic E-state index is 13.3. The Balaban J connectivity index is 1.54. The summed E-state index contributed by atoms with van der Waals surface area (Å²) in [6, 6.07) is 17.6.